The van der Waals surface area contributed by atoms with Crippen LogP contribution in [0.1, 0.15) is 12.1 Å². The van der Waals surface area contributed by atoms with Crippen LogP contribution < -0.4 is 5.32 Å². The van der Waals surface area contributed by atoms with Crippen LogP contribution in [0.4, 0.5) is 0 Å². The fourth-order valence-electron chi connectivity index (χ4n) is 4.22. The van der Waals surface area contributed by atoms with Crippen molar-refractivity contribution in [2.45, 2.75) is 24.3 Å². The van der Waals surface area contributed by atoms with Crippen molar-refractivity contribution < 1.29 is 8.42 Å². The molecule has 6 nitrogen and oxygen atoms in total. The Morgan fingerprint density at radius 2 is 1.84 bits per heavy atom. The zero-order chi connectivity index (χ0) is 17.6. The molecule has 0 aliphatic carbocycles. The van der Waals surface area contributed by atoms with Crippen LogP contribution in [0.3, 0.4) is 0 Å². The van der Waals surface area contributed by atoms with Gasteiger partial charge >= 0.3 is 0 Å². The molecular weight excluding hydrogens is 336 g/mol. The molecule has 3 heterocycles. The van der Waals surface area contributed by atoms with E-state index in [1.54, 1.807) is 4.31 Å². The Labute approximate surface area is 149 Å². The maximum absolute atomic E-state index is 13.4. The molecule has 0 radical (unpaired) electrons. The van der Waals surface area contributed by atoms with Gasteiger partial charge in [-0.25, -0.2) is 8.42 Å². The van der Waals surface area contributed by atoms with Crippen LogP contribution in [0.25, 0.3) is 10.9 Å². The quantitative estimate of drug-likeness (QED) is 0.890. The van der Waals surface area contributed by atoms with E-state index >= 15 is 0 Å². The highest BCUT2D eigenvalue weighted by atomic mass is 32.2. The Hall–Kier alpha value is -1.41. The lowest BCUT2D eigenvalue weighted by Gasteiger charge is -2.32. The molecule has 0 bridgehead atoms. The number of para-hydroxylation sites is 1. The van der Waals surface area contributed by atoms with Gasteiger partial charge in [0.25, 0.3) is 0 Å². The minimum atomic E-state index is -3.48. The standard InChI is InChI=1S/C18H26N4O2S/c1-14-18(16-5-3-4-6-17(16)20(14)2)25(23,24)22-10-7-15(13-22)21-11-8-19-9-12-21/h3-6,15,19H,7-13H2,1-2H3. The molecule has 1 N–H and O–H groups in total. The molecule has 25 heavy (non-hydrogen) atoms. The SMILES string of the molecule is Cc1c(S(=O)(=O)N2CCC(N3CCNCC3)C2)c2ccccc2n1C. The number of rotatable bonds is 3. The zero-order valence-corrected chi connectivity index (χ0v) is 15.7. The maximum atomic E-state index is 13.4. The second kappa shape index (κ2) is 6.39. The molecule has 0 amide bonds. The van der Waals surface area contributed by atoms with Crippen molar-refractivity contribution in [2.75, 3.05) is 39.3 Å². The van der Waals surface area contributed by atoms with Crippen LogP contribution in [0.2, 0.25) is 0 Å². The van der Waals surface area contributed by atoms with Gasteiger partial charge in [-0.05, 0) is 19.4 Å². The van der Waals surface area contributed by atoms with Crippen LogP contribution >= 0.6 is 0 Å². The largest absolute Gasteiger partial charge is 0.347 e. The molecule has 2 aliphatic heterocycles. The third-order valence-electron chi connectivity index (χ3n) is 5.73. The number of piperazine rings is 1. The first kappa shape index (κ1) is 17.0. The summed E-state index contributed by atoms with van der Waals surface area (Å²) in [5, 5.41) is 4.19. The van der Waals surface area contributed by atoms with E-state index in [-0.39, 0.29) is 0 Å². The van der Waals surface area contributed by atoms with E-state index in [9.17, 15) is 8.42 Å². The summed E-state index contributed by atoms with van der Waals surface area (Å²) < 4.78 is 30.5. The second-order valence-electron chi connectivity index (χ2n) is 7.08. The van der Waals surface area contributed by atoms with Crippen LogP contribution in [-0.2, 0) is 17.1 Å². The zero-order valence-electron chi connectivity index (χ0n) is 14.9. The first-order valence-electron chi connectivity index (χ1n) is 8.99. The van der Waals surface area contributed by atoms with Crippen LogP contribution in [0.5, 0.6) is 0 Å². The van der Waals surface area contributed by atoms with Gasteiger partial charge in [0.05, 0.1) is 0 Å². The van der Waals surface area contributed by atoms with Crippen molar-refractivity contribution in [2.24, 2.45) is 7.05 Å². The average molecular weight is 362 g/mol. The van der Waals surface area contributed by atoms with Crippen molar-refractivity contribution in [1.82, 2.24) is 19.1 Å². The number of hydrogen-bond donors (Lipinski definition) is 1. The number of benzene rings is 1. The molecular formula is C18H26N4O2S. The Morgan fingerprint density at radius 3 is 2.60 bits per heavy atom. The Kier molecular flexibility index (Phi) is 4.35. The molecule has 1 aromatic carbocycles. The fourth-order valence-corrected chi connectivity index (χ4v) is 6.15. The summed E-state index contributed by atoms with van der Waals surface area (Å²) in [7, 11) is -1.54. The molecule has 136 valence electrons. The van der Waals surface area contributed by atoms with Gasteiger partial charge in [-0.15, -0.1) is 0 Å². The highest BCUT2D eigenvalue weighted by molar-refractivity contribution is 7.89. The lowest BCUT2D eigenvalue weighted by atomic mass is 10.2. The minimum Gasteiger partial charge on any atom is -0.347 e. The minimum absolute atomic E-state index is 0.340. The molecule has 2 fully saturated rings. The molecule has 0 spiro atoms. The van der Waals surface area contributed by atoms with E-state index in [1.807, 2.05) is 42.8 Å². The van der Waals surface area contributed by atoms with Crippen molar-refractivity contribution in [3.8, 4) is 0 Å². The van der Waals surface area contributed by atoms with Gasteiger partial charge < -0.3 is 9.88 Å². The number of aryl methyl sites for hydroxylation is 1. The molecule has 1 unspecified atom stereocenters. The van der Waals surface area contributed by atoms with Crippen molar-refractivity contribution in [3.05, 3.63) is 30.0 Å². The number of aromatic nitrogens is 1. The van der Waals surface area contributed by atoms with Crippen molar-refractivity contribution in [3.63, 3.8) is 0 Å². The molecule has 1 aromatic heterocycles. The number of nitrogens with one attached hydrogen (secondary N) is 1. The highest BCUT2D eigenvalue weighted by Crippen LogP contribution is 2.33. The monoisotopic (exact) mass is 362 g/mol. The molecule has 0 saturated carbocycles. The molecule has 2 saturated heterocycles. The van der Waals surface area contributed by atoms with Gasteiger partial charge in [0.2, 0.25) is 10.0 Å². The molecule has 4 rings (SSSR count). The first-order valence-corrected chi connectivity index (χ1v) is 10.4. The van der Waals surface area contributed by atoms with Crippen LogP contribution in [0.15, 0.2) is 29.2 Å². The van der Waals surface area contributed by atoms with Gasteiger partial charge in [-0.3, -0.25) is 4.90 Å². The van der Waals surface area contributed by atoms with Crippen molar-refractivity contribution in [1.29, 1.82) is 0 Å². The summed E-state index contributed by atoms with van der Waals surface area (Å²) in [4.78, 5) is 2.91. The lowest BCUT2D eigenvalue weighted by molar-refractivity contribution is 0.179. The third-order valence-corrected chi connectivity index (χ3v) is 7.78. The molecule has 1 atom stereocenters. The predicted molar refractivity (Wildman–Crippen MR) is 99.3 cm³/mol. The normalized spacial score (nSPS) is 23.5. The number of fused-ring (bicyclic) bond motifs is 1. The summed E-state index contributed by atoms with van der Waals surface area (Å²) >= 11 is 0. The smallest absolute Gasteiger partial charge is 0.245 e. The Balaban J connectivity index is 1.66. The van der Waals surface area contributed by atoms with Crippen LogP contribution in [-0.4, -0.2) is 67.5 Å². The van der Waals surface area contributed by atoms with E-state index < -0.39 is 10.0 Å². The fraction of sp³-hybridized carbons (Fsp3) is 0.556. The molecule has 7 heteroatoms. The molecule has 2 aliphatic rings. The first-order chi connectivity index (χ1) is 12.0. The van der Waals surface area contributed by atoms with Gasteiger partial charge in [0.1, 0.15) is 4.90 Å². The Bertz CT molecular complexity index is 884. The summed E-state index contributed by atoms with van der Waals surface area (Å²) in [5.74, 6) is 0. The summed E-state index contributed by atoms with van der Waals surface area (Å²) in [5.41, 5.74) is 1.78. The summed E-state index contributed by atoms with van der Waals surface area (Å²) in [6.07, 6.45) is 0.920. The van der Waals surface area contributed by atoms with E-state index in [4.69, 9.17) is 0 Å². The van der Waals surface area contributed by atoms with E-state index in [0.717, 1.165) is 49.2 Å². The van der Waals surface area contributed by atoms with Crippen LogP contribution in [0, 0.1) is 6.92 Å². The Morgan fingerprint density at radius 1 is 1.12 bits per heavy atom. The van der Waals surface area contributed by atoms with Gasteiger partial charge in [-0.1, -0.05) is 18.2 Å². The second-order valence-corrected chi connectivity index (χ2v) is 8.96. The van der Waals surface area contributed by atoms with Gasteiger partial charge in [-0.2, -0.15) is 4.31 Å². The maximum Gasteiger partial charge on any atom is 0.245 e. The predicted octanol–water partition coefficient (Wildman–Crippen LogP) is 1.15. The summed E-state index contributed by atoms with van der Waals surface area (Å²) in [6.45, 7) is 7.11. The average Bonchev–Trinajstić information content (AvgIpc) is 3.21. The lowest BCUT2D eigenvalue weighted by Crippen LogP contribution is -2.49. The summed E-state index contributed by atoms with van der Waals surface area (Å²) in [6, 6.07) is 8.10. The molecule has 2 aromatic rings. The highest BCUT2D eigenvalue weighted by Gasteiger charge is 2.37. The number of hydrogen-bond acceptors (Lipinski definition) is 4. The van der Waals surface area contributed by atoms with E-state index in [0.29, 0.717) is 24.0 Å². The van der Waals surface area contributed by atoms with Gasteiger partial charge in [0, 0.05) is 69.0 Å². The van der Waals surface area contributed by atoms with Gasteiger partial charge in [0.15, 0.2) is 0 Å². The third kappa shape index (κ3) is 2.79. The van der Waals surface area contributed by atoms with E-state index in [2.05, 4.69) is 10.2 Å². The van der Waals surface area contributed by atoms with E-state index in [1.165, 1.54) is 0 Å². The topological polar surface area (TPSA) is 57.6 Å². The number of nitrogens with zero attached hydrogens (tertiary/aromatic N) is 3. The number of sulfonamides is 1. The van der Waals surface area contributed by atoms with Crippen molar-refractivity contribution >= 4 is 20.9 Å².